The number of alkyl halides is 6. The van der Waals surface area contributed by atoms with Crippen LogP contribution in [0.3, 0.4) is 0 Å². The summed E-state index contributed by atoms with van der Waals surface area (Å²) in [7, 11) is 0. The molecule has 3 rings (SSSR count). The summed E-state index contributed by atoms with van der Waals surface area (Å²) in [5, 5.41) is 5.71. The highest BCUT2D eigenvalue weighted by atomic mass is 19.4. The van der Waals surface area contributed by atoms with Gasteiger partial charge in [-0.05, 0) is 56.0 Å². The van der Waals surface area contributed by atoms with Crippen LogP contribution in [0.1, 0.15) is 47.2 Å². The maximum atomic E-state index is 13.0. The van der Waals surface area contributed by atoms with Gasteiger partial charge in [0.05, 0.1) is 11.1 Å². The number of rotatable bonds is 4. The molecule has 1 aliphatic rings. The number of halogens is 6. The van der Waals surface area contributed by atoms with Crippen molar-refractivity contribution in [3.8, 4) is 0 Å². The number of benzene rings is 2. The van der Waals surface area contributed by atoms with Crippen molar-refractivity contribution in [2.75, 3.05) is 5.32 Å². The Bertz CT molecular complexity index is 839. The molecule has 162 valence electrons. The second-order valence-corrected chi connectivity index (χ2v) is 7.33. The molecule has 0 heterocycles. The van der Waals surface area contributed by atoms with E-state index in [1.807, 2.05) is 0 Å². The van der Waals surface area contributed by atoms with Crippen LogP contribution in [0.2, 0.25) is 0 Å². The van der Waals surface area contributed by atoms with E-state index in [2.05, 4.69) is 10.6 Å². The van der Waals surface area contributed by atoms with Crippen molar-refractivity contribution in [2.45, 2.75) is 50.1 Å². The molecule has 0 bridgehead atoms. The Kier molecular flexibility index (Phi) is 6.28. The first kappa shape index (κ1) is 22.0. The Hall–Kier alpha value is -2.71. The monoisotopic (exact) mass is 430 g/mol. The first-order valence-corrected chi connectivity index (χ1v) is 9.44. The maximum Gasteiger partial charge on any atom is 0.416 e. The second kappa shape index (κ2) is 8.57. The fourth-order valence-corrected chi connectivity index (χ4v) is 3.51. The minimum atomic E-state index is -4.88. The molecular weight excluding hydrogens is 410 g/mol. The van der Waals surface area contributed by atoms with Gasteiger partial charge in [-0.1, -0.05) is 18.2 Å². The summed E-state index contributed by atoms with van der Waals surface area (Å²) in [6.45, 7) is 0. The van der Waals surface area contributed by atoms with Gasteiger partial charge in [-0.3, -0.25) is 4.79 Å². The molecule has 0 spiro atoms. The third kappa shape index (κ3) is 5.67. The van der Waals surface area contributed by atoms with Crippen LogP contribution in [0.25, 0.3) is 0 Å². The molecule has 30 heavy (non-hydrogen) atoms. The summed E-state index contributed by atoms with van der Waals surface area (Å²) in [5.74, 6) is -0.209. The van der Waals surface area contributed by atoms with E-state index in [0.29, 0.717) is 43.4 Å². The van der Waals surface area contributed by atoms with Gasteiger partial charge in [0.15, 0.2) is 0 Å². The number of hydrogen-bond acceptors (Lipinski definition) is 2. The lowest BCUT2D eigenvalue weighted by Gasteiger charge is -2.30. The topological polar surface area (TPSA) is 41.1 Å². The highest BCUT2D eigenvalue weighted by molar-refractivity contribution is 5.94. The number of anilines is 1. The molecule has 3 nitrogen and oxygen atoms in total. The summed E-state index contributed by atoms with van der Waals surface area (Å²) in [4.78, 5) is 12.2. The predicted octanol–water partition coefficient (Wildman–Crippen LogP) is 5.88. The van der Waals surface area contributed by atoms with E-state index in [9.17, 15) is 31.1 Å². The molecule has 1 amide bonds. The Morgan fingerprint density at radius 3 is 1.77 bits per heavy atom. The quantitative estimate of drug-likeness (QED) is 0.595. The normalized spacial score (nSPS) is 19.9. The summed E-state index contributed by atoms with van der Waals surface area (Å²) >= 11 is 0. The number of hydrogen-bond donors (Lipinski definition) is 2. The van der Waals surface area contributed by atoms with Gasteiger partial charge in [0, 0.05) is 23.3 Å². The molecule has 0 saturated heterocycles. The van der Waals surface area contributed by atoms with Crippen LogP contribution >= 0.6 is 0 Å². The zero-order valence-electron chi connectivity index (χ0n) is 15.8. The molecule has 0 aliphatic heterocycles. The van der Waals surface area contributed by atoms with Gasteiger partial charge in [0.1, 0.15) is 0 Å². The predicted molar refractivity (Wildman–Crippen MR) is 100 cm³/mol. The van der Waals surface area contributed by atoms with Crippen LogP contribution in [0.4, 0.5) is 32.0 Å². The van der Waals surface area contributed by atoms with Gasteiger partial charge >= 0.3 is 12.4 Å². The largest absolute Gasteiger partial charge is 0.416 e. The first-order valence-electron chi connectivity index (χ1n) is 9.44. The lowest BCUT2D eigenvalue weighted by Crippen LogP contribution is -2.40. The van der Waals surface area contributed by atoms with Gasteiger partial charge < -0.3 is 10.6 Å². The molecule has 0 aromatic heterocycles. The number of amides is 1. The van der Waals surface area contributed by atoms with Crippen LogP contribution in [0.15, 0.2) is 48.5 Å². The minimum absolute atomic E-state index is 0.0944. The van der Waals surface area contributed by atoms with Gasteiger partial charge in [-0.25, -0.2) is 0 Å². The molecule has 2 aromatic rings. The van der Waals surface area contributed by atoms with E-state index >= 15 is 0 Å². The van der Waals surface area contributed by atoms with E-state index in [0.717, 1.165) is 0 Å². The lowest BCUT2D eigenvalue weighted by atomic mass is 9.90. The minimum Gasteiger partial charge on any atom is -0.382 e. The fraction of sp³-hybridized carbons (Fsp3) is 0.381. The van der Waals surface area contributed by atoms with E-state index in [1.165, 1.54) is 0 Å². The third-order valence-electron chi connectivity index (χ3n) is 5.06. The van der Waals surface area contributed by atoms with E-state index in [1.54, 1.807) is 30.3 Å². The molecule has 2 aromatic carbocycles. The van der Waals surface area contributed by atoms with Gasteiger partial charge in [-0.2, -0.15) is 26.3 Å². The highest BCUT2D eigenvalue weighted by Gasteiger charge is 2.37. The molecule has 1 aliphatic carbocycles. The van der Waals surface area contributed by atoms with E-state index < -0.39 is 23.5 Å². The van der Waals surface area contributed by atoms with Crippen LogP contribution in [0, 0.1) is 0 Å². The Labute approximate surface area is 169 Å². The van der Waals surface area contributed by atoms with Crippen molar-refractivity contribution in [3.05, 3.63) is 65.2 Å². The van der Waals surface area contributed by atoms with Crippen molar-refractivity contribution in [1.82, 2.24) is 5.32 Å². The van der Waals surface area contributed by atoms with Crippen molar-refractivity contribution in [1.29, 1.82) is 0 Å². The van der Waals surface area contributed by atoms with Crippen molar-refractivity contribution >= 4 is 11.6 Å². The molecule has 2 N–H and O–H groups in total. The number of carbonyl (C=O) groups excluding carboxylic acids is 1. The molecule has 0 radical (unpaired) electrons. The maximum absolute atomic E-state index is 13.0. The first-order chi connectivity index (χ1) is 14.0. The highest BCUT2D eigenvalue weighted by Crippen LogP contribution is 2.38. The number of carbonyl (C=O) groups is 1. The average Bonchev–Trinajstić information content (AvgIpc) is 2.68. The molecule has 0 unspecified atom stereocenters. The summed E-state index contributed by atoms with van der Waals surface area (Å²) in [5.41, 5.74) is -2.37. The van der Waals surface area contributed by atoms with Gasteiger partial charge in [0.25, 0.3) is 5.91 Å². The Morgan fingerprint density at radius 1 is 0.767 bits per heavy atom. The molecule has 9 heteroatoms. The summed E-state index contributed by atoms with van der Waals surface area (Å²) < 4.78 is 78.0. The van der Waals surface area contributed by atoms with Crippen molar-refractivity contribution in [3.63, 3.8) is 0 Å². The van der Waals surface area contributed by atoms with Crippen molar-refractivity contribution < 1.29 is 31.1 Å². The van der Waals surface area contributed by atoms with Crippen LogP contribution in [-0.2, 0) is 12.4 Å². The molecular formula is C21H20F6N2O. The number of nitrogens with one attached hydrogen (secondary N) is 2. The lowest BCUT2D eigenvalue weighted by molar-refractivity contribution is -0.143. The van der Waals surface area contributed by atoms with Gasteiger partial charge in [0.2, 0.25) is 0 Å². The SMILES string of the molecule is O=C(NC1CCC(Nc2cc(C(F)(F)F)cc(C(F)(F)F)c2)CC1)c1ccccc1. The average molecular weight is 430 g/mol. The molecule has 0 atom stereocenters. The van der Waals surface area contributed by atoms with Crippen LogP contribution in [-0.4, -0.2) is 18.0 Å². The van der Waals surface area contributed by atoms with Crippen LogP contribution in [0.5, 0.6) is 0 Å². The summed E-state index contributed by atoms with van der Waals surface area (Å²) in [6, 6.07) is 9.80. The summed E-state index contributed by atoms with van der Waals surface area (Å²) in [6.07, 6.45) is -7.59. The molecule has 1 fully saturated rings. The standard InChI is InChI=1S/C21H20F6N2O/c22-20(23,24)14-10-15(21(25,26)27)12-18(11-14)28-16-6-8-17(9-7-16)29-19(30)13-4-2-1-3-5-13/h1-5,10-12,16-17,28H,6-9H2,(H,29,30). The Balaban J connectivity index is 1.62. The Morgan fingerprint density at radius 2 is 1.27 bits per heavy atom. The van der Waals surface area contributed by atoms with E-state index in [-0.39, 0.29) is 29.7 Å². The molecule has 1 saturated carbocycles. The zero-order valence-corrected chi connectivity index (χ0v) is 15.8. The van der Waals surface area contributed by atoms with Gasteiger partial charge in [-0.15, -0.1) is 0 Å². The zero-order chi connectivity index (χ0) is 21.9. The fourth-order valence-electron chi connectivity index (χ4n) is 3.51. The van der Waals surface area contributed by atoms with Crippen molar-refractivity contribution in [2.24, 2.45) is 0 Å². The van der Waals surface area contributed by atoms with Crippen LogP contribution < -0.4 is 10.6 Å². The van der Waals surface area contributed by atoms with E-state index in [4.69, 9.17) is 0 Å². The second-order valence-electron chi connectivity index (χ2n) is 7.33. The smallest absolute Gasteiger partial charge is 0.382 e. The third-order valence-corrected chi connectivity index (χ3v) is 5.06.